The standard InChI is InChI=1S/C15H13ClF2N4S.ClH/c1-7-9-11-12(23-14(9)21-8(2)10(7)16)13(20-6-19-11)22-4-3-15(17,18)5-22;/h6H,3-5H2,1-2H3;1H. The summed E-state index contributed by atoms with van der Waals surface area (Å²) in [4.78, 5) is 15.6. The maximum absolute atomic E-state index is 13.5. The van der Waals surface area contributed by atoms with E-state index in [9.17, 15) is 8.78 Å². The van der Waals surface area contributed by atoms with Crippen LogP contribution in [0.15, 0.2) is 6.33 Å². The van der Waals surface area contributed by atoms with Crippen LogP contribution >= 0.6 is 35.3 Å². The Labute approximate surface area is 152 Å². The van der Waals surface area contributed by atoms with Crippen molar-refractivity contribution in [1.82, 2.24) is 15.0 Å². The molecule has 24 heavy (non-hydrogen) atoms. The molecule has 128 valence electrons. The number of aromatic nitrogens is 3. The average molecular weight is 391 g/mol. The zero-order chi connectivity index (χ0) is 16.4. The van der Waals surface area contributed by atoms with E-state index in [1.807, 2.05) is 13.8 Å². The summed E-state index contributed by atoms with van der Waals surface area (Å²) in [7, 11) is 0. The minimum atomic E-state index is -2.66. The molecule has 0 N–H and O–H groups in total. The molecule has 1 aliphatic heterocycles. The highest BCUT2D eigenvalue weighted by atomic mass is 35.5. The second-order valence-corrected chi connectivity index (χ2v) is 7.20. The van der Waals surface area contributed by atoms with E-state index in [4.69, 9.17) is 11.6 Å². The lowest BCUT2D eigenvalue weighted by Gasteiger charge is -2.17. The molecule has 4 nitrogen and oxygen atoms in total. The molecule has 4 rings (SSSR count). The van der Waals surface area contributed by atoms with E-state index >= 15 is 0 Å². The van der Waals surface area contributed by atoms with Gasteiger partial charge in [-0.1, -0.05) is 11.6 Å². The Kier molecular flexibility index (Phi) is 4.30. The molecule has 9 heteroatoms. The summed E-state index contributed by atoms with van der Waals surface area (Å²) in [5.41, 5.74) is 2.40. The largest absolute Gasteiger partial charge is 0.349 e. The molecule has 1 fully saturated rings. The summed E-state index contributed by atoms with van der Waals surface area (Å²) in [5.74, 6) is -2.11. The molecule has 0 unspecified atom stereocenters. The van der Waals surface area contributed by atoms with Gasteiger partial charge in [-0.3, -0.25) is 0 Å². The van der Waals surface area contributed by atoms with Gasteiger partial charge in [0, 0.05) is 18.4 Å². The van der Waals surface area contributed by atoms with Crippen LogP contribution in [0.2, 0.25) is 5.02 Å². The smallest absolute Gasteiger partial charge is 0.266 e. The molecule has 0 aliphatic carbocycles. The molecule has 1 saturated heterocycles. The van der Waals surface area contributed by atoms with Crippen LogP contribution in [-0.2, 0) is 0 Å². The van der Waals surface area contributed by atoms with Gasteiger partial charge < -0.3 is 4.90 Å². The molecule has 3 aromatic rings. The second kappa shape index (κ2) is 5.89. The van der Waals surface area contributed by atoms with Gasteiger partial charge in [0.1, 0.15) is 17.0 Å². The first kappa shape index (κ1) is 17.5. The van der Waals surface area contributed by atoms with E-state index in [0.717, 1.165) is 31.7 Å². The van der Waals surface area contributed by atoms with Crippen LogP contribution < -0.4 is 4.90 Å². The quantitative estimate of drug-likeness (QED) is 0.599. The van der Waals surface area contributed by atoms with Gasteiger partial charge in [-0.05, 0) is 19.4 Å². The summed E-state index contributed by atoms with van der Waals surface area (Å²) in [5, 5.41) is 1.50. The molecule has 0 aromatic carbocycles. The zero-order valence-corrected chi connectivity index (χ0v) is 15.3. The van der Waals surface area contributed by atoms with Crippen molar-refractivity contribution in [3.63, 3.8) is 0 Å². The number of halogens is 4. The van der Waals surface area contributed by atoms with Gasteiger partial charge in [0.05, 0.1) is 27.5 Å². The normalized spacial score (nSPS) is 16.8. The summed E-state index contributed by atoms with van der Waals surface area (Å²) >= 11 is 7.74. The van der Waals surface area contributed by atoms with Crippen LogP contribution in [0.25, 0.3) is 20.4 Å². The van der Waals surface area contributed by atoms with Gasteiger partial charge in [0.25, 0.3) is 5.92 Å². The highest BCUT2D eigenvalue weighted by Gasteiger charge is 2.39. The number of alkyl halides is 2. The first-order chi connectivity index (χ1) is 10.9. The number of rotatable bonds is 1. The van der Waals surface area contributed by atoms with Crippen molar-refractivity contribution in [1.29, 1.82) is 0 Å². The molecule has 4 heterocycles. The van der Waals surface area contributed by atoms with Gasteiger partial charge >= 0.3 is 0 Å². The van der Waals surface area contributed by atoms with Gasteiger partial charge in [0.15, 0.2) is 0 Å². The summed E-state index contributed by atoms with van der Waals surface area (Å²) < 4.78 is 27.9. The van der Waals surface area contributed by atoms with Gasteiger partial charge in [-0.2, -0.15) is 0 Å². The van der Waals surface area contributed by atoms with Crippen molar-refractivity contribution >= 4 is 61.6 Å². The third-order valence-corrected chi connectivity index (χ3v) is 5.82. The van der Waals surface area contributed by atoms with E-state index in [1.165, 1.54) is 17.7 Å². The maximum atomic E-state index is 13.5. The average Bonchev–Trinajstić information content (AvgIpc) is 3.04. The molecule has 0 bridgehead atoms. The van der Waals surface area contributed by atoms with E-state index in [0.29, 0.717) is 17.4 Å². The topological polar surface area (TPSA) is 41.9 Å². The van der Waals surface area contributed by atoms with Gasteiger partial charge in [-0.25, -0.2) is 23.7 Å². The fraction of sp³-hybridized carbons (Fsp3) is 0.400. The molecule has 0 atom stereocenters. The first-order valence-corrected chi connectivity index (χ1v) is 8.39. The minimum absolute atomic E-state index is 0. The van der Waals surface area contributed by atoms with Gasteiger partial charge in [0.2, 0.25) is 0 Å². The highest BCUT2D eigenvalue weighted by molar-refractivity contribution is 7.26. The Morgan fingerprint density at radius 3 is 2.71 bits per heavy atom. The van der Waals surface area contributed by atoms with Crippen molar-refractivity contribution in [2.24, 2.45) is 0 Å². The number of thiophene rings is 1. The third-order valence-electron chi connectivity index (χ3n) is 4.19. The second-order valence-electron chi connectivity index (χ2n) is 5.82. The van der Waals surface area contributed by atoms with E-state index < -0.39 is 5.92 Å². The Morgan fingerprint density at radius 2 is 2.04 bits per heavy atom. The number of aryl methyl sites for hydroxylation is 2. The molecule has 3 aromatic heterocycles. The Hall–Kier alpha value is -1.31. The first-order valence-electron chi connectivity index (χ1n) is 7.20. The number of pyridine rings is 1. The molecular formula is C15H14Cl2F2N4S. The number of hydrogen-bond donors (Lipinski definition) is 0. The van der Waals surface area contributed by atoms with Crippen LogP contribution in [0.3, 0.4) is 0 Å². The summed E-state index contributed by atoms with van der Waals surface area (Å²) in [6, 6.07) is 0. The Morgan fingerprint density at radius 1 is 1.29 bits per heavy atom. The molecular weight excluding hydrogens is 377 g/mol. The Bertz CT molecular complexity index is 944. The predicted octanol–water partition coefficient (Wildman–Crippen LogP) is 4.78. The summed E-state index contributed by atoms with van der Waals surface area (Å²) in [6.07, 6.45) is 1.28. The zero-order valence-electron chi connectivity index (χ0n) is 12.9. The molecule has 0 spiro atoms. The predicted molar refractivity (Wildman–Crippen MR) is 96.2 cm³/mol. The van der Waals surface area contributed by atoms with Crippen LogP contribution in [0.1, 0.15) is 17.7 Å². The number of anilines is 1. The van der Waals surface area contributed by atoms with Crippen molar-refractivity contribution in [3.8, 4) is 0 Å². The van der Waals surface area contributed by atoms with E-state index in [1.54, 1.807) is 4.90 Å². The van der Waals surface area contributed by atoms with Crippen LogP contribution in [0.4, 0.5) is 14.6 Å². The minimum Gasteiger partial charge on any atom is -0.349 e. The SMILES string of the molecule is Cc1nc2sc3c(N4CCC(F)(F)C4)ncnc3c2c(C)c1Cl.Cl. The molecule has 0 saturated carbocycles. The lowest BCUT2D eigenvalue weighted by molar-refractivity contribution is 0.0257. The fourth-order valence-electron chi connectivity index (χ4n) is 3.03. The monoisotopic (exact) mass is 390 g/mol. The maximum Gasteiger partial charge on any atom is 0.266 e. The fourth-order valence-corrected chi connectivity index (χ4v) is 4.42. The van der Waals surface area contributed by atoms with Gasteiger partial charge in [-0.15, -0.1) is 23.7 Å². The molecule has 1 aliphatic rings. The van der Waals surface area contributed by atoms with Crippen LogP contribution in [0.5, 0.6) is 0 Å². The van der Waals surface area contributed by atoms with E-state index in [2.05, 4.69) is 15.0 Å². The van der Waals surface area contributed by atoms with E-state index in [-0.39, 0.29) is 25.4 Å². The summed E-state index contributed by atoms with van der Waals surface area (Å²) in [6.45, 7) is 3.77. The van der Waals surface area contributed by atoms with Crippen molar-refractivity contribution in [2.45, 2.75) is 26.2 Å². The Balaban J connectivity index is 0.00000169. The van der Waals surface area contributed by atoms with Crippen molar-refractivity contribution in [2.75, 3.05) is 18.0 Å². The highest BCUT2D eigenvalue weighted by Crippen LogP contribution is 2.41. The lowest BCUT2D eigenvalue weighted by atomic mass is 10.1. The number of hydrogen-bond acceptors (Lipinski definition) is 5. The van der Waals surface area contributed by atoms with Crippen molar-refractivity contribution < 1.29 is 8.78 Å². The third kappa shape index (κ3) is 2.59. The van der Waals surface area contributed by atoms with Crippen LogP contribution in [0, 0.1) is 13.8 Å². The number of nitrogens with zero attached hydrogens (tertiary/aromatic N) is 4. The van der Waals surface area contributed by atoms with Crippen molar-refractivity contribution in [3.05, 3.63) is 22.6 Å². The molecule has 0 radical (unpaired) electrons. The van der Waals surface area contributed by atoms with Crippen LogP contribution in [-0.4, -0.2) is 34.0 Å². The lowest BCUT2D eigenvalue weighted by Crippen LogP contribution is -2.25. The number of fused-ring (bicyclic) bond motifs is 3. The molecule has 0 amide bonds.